The zero-order chi connectivity index (χ0) is 14.8. The van der Waals surface area contributed by atoms with E-state index in [4.69, 9.17) is 0 Å². The van der Waals surface area contributed by atoms with Gasteiger partial charge >= 0.3 is 0 Å². The number of nitrogens with zero attached hydrogens (tertiary/aromatic N) is 1. The minimum absolute atomic E-state index is 0.537. The Balaban J connectivity index is 1.69. The molecule has 0 fully saturated rings. The Morgan fingerprint density at radius 1 is 0.909 bits per heavy atom. The largest absolute Gasteiger partial charge is 0.348 e. The zero-order valence-electron chi connectivity index (χ0n) is 12.6. The molecule has 22 heavy (non-hydrogen) atoms. The molecule has 0 radical (unpaired) electrons. The number of benzene rings is 2. The molecule has 1 aliphatic rings. The molecule has 2 heteroatoms. The number of aromatic amines is 1. The third-order valence-corrected chi connectivity index (χ3v) is 4.84. The molecule has 0 bridgehead atoms. The van der Waals surface area contributed by atoms with E-state index in [-0.39, 0.29) is 0 Å². The van der Waals surface area contributed by atoms with Crippen molar-refractivity contribution in [2.45, 2.75) is 31.1 Å². The molecule has 2 nitrogen and oxygen atoms in total. The first kappa shape index (κ1) is 13.3. The van der Waals surface area contributed by atoms with Gasteiger partial charge in [-0.05, 0) is 41.9 Å². The minimum Gasteiger partial charge on any atom is -0.348 e. The summed E-state index contributed by atoms with van der Waals surface area (Å²) in [4.78, 5) is 7.40. The molecule has 1 N–H and O–H groups in total. The molecule has 4 rings (SSSR count). The van der Waals surface area contributed by atoms with Gasteiger partial charge in [-0.15, -0.1) is 0 Å². The lowest BCUT2D eigenvalue weighted by atomic mass is 9.73. The quantitative estimate of drug-likeness (QED) is 0.746. The maximum Gasteiger partial charge on any atom is 0.0921 e. The number of rotatable bonds is 3. The van der Waals surface area contributed by atoms with Crippen LogP contribution in [0.5, 0.6) is 0 Å². The number of imidazole rings is 1. The average Bonchev–Trinajstić information content (AvgIpc) is 3.09. The van der Waals surface area contributed by atoms with E-state index >= 15 is 0 Å². The van der Waals surface area contributed by atoms with Crippen LogP contribution in [0.2, 0.25) is 0 Å². The molecule has 1 aromatic heterocycles. The SMILES string of the molecule is c1ccc(C2CCC(Cc3cnc[nH]3)c3ccccc32)cc1. The molecule has 1 heterocycles. The number of aromatic nitrogens is 2. The van der Waals surface area contributed by atoms with Crippen molar-refractivity contribution in [3.05, 3.63) is 89.5 Å². The van der Waals surface area contributed by atoms with Crippen LogP contribution in [0.3, 0.4) is 0 Å². The zero-order valence-corrected chi connectivity index (χ0v) is 12.6. The van der Waals surface area contributed by atoms with Gasteiger partial charge in [0.1, 0.15) is 0 Å². The third-order valence-electron chi connectivity index (χ3n) is 4.84. The second-order valence-electron chi connectivity index (χ2n) is 6.15. The Kier molecular flexibility index (Phi) is 3.51. The van der Waals surface area contributed by atoms with Crippen molar-refractivity contribution in [1.29, 1.82) is 0 Å². The summed E-state index contributed by atoms with van der Waals surface area (Å²) in [6, 6.07) is 19.9. The van der Waals surface area contributed by atoms with Crippen molar-refractivity contribution < 1.29 is 0 Å². The predicted molar refractivity (Wildman–Crippen MR) is 89.0 cm³/mol. The van der Waals surface area contributed by atoms with E-state index in [1.807, 2.05) is 6.20 Å². The van der Waals surface area contributed by atoms with Crippen molar-refractivity contribution in [1.82, 2.24) is 9.97 Å². The molecule has 0 saturated carbocycles. The van der Waals surface area contributed by atoms with Crippen LogP contribution in [0.4, 0.5) is 0 Å². The summed E-state index contributed by atoms with van der Waals surface area (Å²) in [5, 5.41) is 0. The Morgan fingerprint density at radius 2 is 1.68 bits per heavy atom. The van der Waals surface area contributed by atoms with Gasteiger partial charge < -0.3 is 4.98 Å². The Morgan fingerprint density at radius 3 is 2.45 bits per heavy atom. The van der Waals surface area contributed by atoms with Crippen LogP contribution in [0.1, 0.15) is 47.1 Å². The van der Waals surface area contributed by atoms with E-state index < -0.39 is 0 Å². The van der Waals surface area contributed by atoms with Crippen LogP contribution in [-0.2, 0) is 6.42 Å². The molecule has 0 saturated heterocycles. The number of fused-ring (bicyclic) bond motifs is 1. The lowest BCUT2D eigenvalue weighted by Gasteiger charge is -2.32. The molecular formula is C20H20N2. The fraction of sp³-hybridized carbons (Fsp3) is 0.250. The van der Waals surface area contributed by atoms with Gasteiger partial charge in [0.15, 0.2) is 0 Å². The molecule has 2 unspecified atom stereocenters. The highest BCUT2D eigenvalue weighted by atomic mass is 14.9. The number of hydrogen-bond acceptors (Lipinski definition) is 1. The topological polar surface area (TPSA) is 28.7 Å². The maximum absolute atomic E-state index is 4.15. The highest BCUT2D eigenvalue weighted by Crippen LogP contribution is 2.43. The van der Waals surface area contributed by atoms with Crippen molar-refractivity contribution >= 4 is 0 Å². The van der Waals surface area contributed by atoms with Crippen molar-refractivity contribution in [3.63, 3.8) is 0 Å². The number of hydrogen-bond donors (Lipinski definition) is 1. The Hall–Kier alpha value is -2.35. The van der Waals surface area contributed by atoms with Crippen molar-refractivity contribution in [2.75, 3.05) is 0 Å². The highest BCUT2D eigenvalue weighted by Gasteiger charge is 2.28. The van der Waals surface area contributed by atoms with Gasteiger partial charge in [-0.2, -0.15) is 0 Å². The van der Waals surface area contributed by atoms with Gasteiger partial charge in [-0.25, -0.2) is 4.98 Å². The average molecular weight is 288 g/mol. The molecule has 110 valence electrons. The lowest BCUT2D eigenvalue weighted by Crippen LogP contribution is -2.17. The molecule has 2 aromatic carbocycles. The van der Waals surface area contributed by atoms with Gasteiger partial charge in [-0.1, -0.05) is 54.6 Å². The molecule has 1 aliphatic carbocycles. The van der Waals surface area contributed by atoms with E-state index in [0.29, 0.717) is 11.8 Å². The summed E-state index contributed by atoms with van der Waals surface area (Å²) in [5.74, 6) is 1.13. The number of H-pyrrole nitrogens is 1. The van der Waals surface area contributed by atoms with E-state index in [2.05, 4.69) is 64.6 Å². The van der Waals surface area contributed by atoms with Crippen LogP contribution in [0, 0.1) is 0 Å². The smallest absolute Gasteiger partial charge is 0.0921 e. The Labute approximate surface area is 131 Å². The summed E-state index contributed by atoms with van der Waals surface area (Å²) in [6.07, 6.45) is 7.23. The highest BCUT2D eigenvalue weighted by molar-refractivity contribution is 5.42. The van der Waals surface area contributed by atoms with E-state index in [0.717, 1.165) is 6.42 Å². The third kappa shape index (κ3) is 2.45. The molecule has 3 aromatic rings. The standard InChI is InChI=1S/C20H20N2/c1-2-6-15(7-3-1)19-11-10-16(12-17-13-21-14-22-17)18-8-4-5-9-20(18)19/h1-9,13-14,16,19H,10-12H2,(H,21,22). The van der Waals surface area contributed by atoms with Crippen molar-refractivity contribution in [3.8, 4) is 0 Å². The Bertz CT molecular complexity index is 731. The van der Waals surface area contributed by atoms with Gasteiger partial charge in [0.25, 0.3) is 0 Å². The second kappa shape index (κ2) is 5.80. The fourth-order valence-electron chi connectivity index (χ4n) is 3.78. The van der Waals surface area contributed by atoms with E-state index in [1.165, 1.54) is 35.2 Å². The first-order valence-corrected chi connectivity index (χ1v) is 8.03. The molecule has 2 atom stereocenters. The van der Waals surface area contributed by atoms with Crippen LogP contribution in [0.15, 0.2) is 67.1 Å². The summed E-state index contributed by atoms with van der Waals surface area (Å²) >= 11 is 0. The minimum atomic E-state index is 0.537. The maximum atomic E-state index is 4.15. The van der Waals surface area contributed by atoms with Gasteiger partial charge in [-0.3, -0.25) is 0 Å². The summed E-state index contributed by atoms with van der Waals surface area (Å²) in [7, 11) is 0. The summed E-state index contributed by atoms with van der Waals surface area (Å²) in [5.41, 5.74) is 5.69. The van der Waals surface area contributed by atoms with Crippen LogP contribution >= 0.6 is 0 Å². The van der Waals surface area contributed by atoms with Gasteiger partial charge in [0.05, 0.1) is 6.33 Å². The number of nitrogens with one attached hydrogen (secondary N) is 1. The summed E-state index contributed by atoms with van der Waals surface area (Å²) < 4.78 is 0. The van der Waals surface area contributed by atoms with Crippen LogP contribution < -0.4 is 0 Å². The summed E-state index contributed by atoms with van der Waals surface area (Å²) in [6.45, 7) is 0. The van der Waals surface area contributed by atoms with Gasteiger partial charge in [0, 0.05) is 17.8 Å². The van der Waals surface area contributed by atoms with Gasteiger partial charge in [0.2, 0.25) is 0 Å². The molecular weight excluding hydrogens is 268 g/mol. The van der Waals surface area contributed by atoms with Crippen molar-refractivity contribution in [2.24, 2.45) is 0 Å². The first-order valence-electron chi connectivity index (χ1n) is 8.03. The molecule has 0 aliphatic heterocycles. The normalized spacial score (nSPS) is 20.5. The first-order chi connectivity index (χ1) is 10.9. The fourth-order valence-corrected chi connectivity index (χ4v) is 3.78. The molecule has 0 spiro atoms. The van der Waals surface area contributed by atoms with E-state index in [1.54, 1.807) is 6.33 Å². The van der Waals surface area contributed by atoms with E-state index in [9.17, 15) is 0 Å². The predicted octanol–water partition coefficient (Wildman–Crippen LogP) is 4.66. The lowest BCUT2D eigenvalue weighted by molar-refractivity contribution is 0.512. The monoisotopic (exact) mass is 288 g/mol. The van der Waals surface area contributed by atoms with Crippen LogP contribution in [0.25, 0.3) is 0 Å². The van der Waals surface area contributed by atoms with Crippen LogP contribution in [-0.4, -0.2) is 9.97 Å². The molecule has 0 amide bonds. The second-order valence-corrected chi connectivity index (χ2v) is 6.15.